The van der Waals surface area contributed by atoms with Crippen molar-refractivity contribution < 1.29 is 9.90 Å². The summed E-state index contributed by atoms with van der Waals surface area (Å²) in [6.07, 6.45) is 2.01. The van der Waals surface area contributed by atoms with E-state index in [2.05, 4.69) is 4.98 Å². The maximum Gasteiger partial charge on any atom is 0.172 e. The molecule has 1 aromatic heterocycles. The van der Waals surface area contributed by atoms with Crippen molar-refractivity contribution in [2.24, 2.45) is 0 Å². The Balaban J connectivity index is 3.27. The normalized spacial score (nSPS) is 9.30. The van der Waals surface area contributed by atoms with Crippen molar-refractivity contribution in [3.63, 3.8) is 0 Å². The average Bonchev–Trinajstić information content (AvgIpc) is 1.95. The second kappa shape index (κ2) is 2.47. The largest absolute Gasteiger partial charge is 0.505 e. The second-order valence-corrected chi connectivity index (χ2v) is 1.98. The standard InChI is InChI=1S/C7H7NO2/c1-5-2-3-8-6(4-9)7(5)10/h2-4,10H,1H3. The molecule has 0 spiro atoms. The van der Waals surface area contributed by atoms with E-state index in [-0.39, 0.29) is 11.4 Å². The van der Waals surface area contributed by atoms with Crippen molar-refractivity contribution in [1.82, 2.24) is 4.98 Å². The van der Waals surface area contributed by atoms with E-state index in [1.165, 1.54) is 6.20 Å². The molecule has 10 heavy (non-hydrogen) atoms. The molecule has 0 fully saturated rings. The number of aldehydes is 1. The van der Waals surface area contributed by atoms with Gasteiger partial charge in [0.15, 0.2) is 6.29 Å². The molecule has 3 nitrogen and oxygen atoms in total. The number of hydrogen-bond acceptors (Lipinski definition) is 3. The quantitative estimate of drug-likeness (QED) is 0.585. The number of carbonyl (C=O) groups is 1. The van der Waals surface area contributed by atoms with E-state index < -0.39 is 0 Å². The molecule has 0 aliphatic rings. The van der Waals surface area contributed by atoms with Crippen LogP contribution in [0.25, 0.3) is 0 Å². The van der Waals surface area contributed by atoms with Gasteiger partial charge in [0, 0.05) is 6.20 Å². The van der Waals surface area contributed by atoms with Crippen LogP contribution in [-0.2, 0) is 0 Å². The van der Waals surface area contributed by atoms with Crippen LogP contribution >= 0.6 is 0 Å². The summed E-state index contributed by atoms with van der Waals surface area (Å²) in [5, 5.41) is 9.10. The molecule has 0 saturated heterocycles. The Bertz CT molecular complexity index is 258. The van der Waals surface area contributed by atoms with Crippen molar-refractivity contribution in [1.29, 1.82) is 0 Å². The van der Waals surface area contributed by atoms with Crippen LogP contribution in [-0.4, -0.2) is 16.4 Å². The third kappa shape index (κ3) is 0.978. The summed E-state index contributed by atoms with van der Waals surface area (Å²) in [6.45, 7) is 1.71. The van der Waals surface area contributed by atoms with Crippen LogP contribution in [0.1, 0.15) is 16.1 Å². The maximum atomic E-state index is 10.2. The Kier molecular flexibility index (Phi) is 1.67. The first-order chi connectivity index (χ1) is 4.75. The third-order valence-electron chi connectivity index (χ3n) is 1.27. The number of aryl methyl sites for hydroxylation is 1. The fraction of sp³-hybridized carbons (Fsp3) is 0.143. The van der Waals surface area contributed by atoms with Gasteiger partial charge in [-0.25, -0.2) is 4.98 Å². The van der Waals surface area contributed by atoms with Gasteiger partial charge in [0.1, 0.15) is 11.4 Å². The molecule has 0 radical (unpaired) electrons. The van der Waals surface area contributed by atoms with E-state index >= 15 is 0 Å². The number of carbonyl (C=O) groups excluding carboxylic acids is 1. The molecule has 0 amide bonds. The zero-order valence-corrected chi connectivity index (χ0v) is 5.53. The molecule has 52 valence electrons. The van der Waals surface area contributed by atoms with Crippen LogP contribution in [0.15, 0.2) is 12.3 Å². The zero-order chi connectivity index (χ0) is 7.56. The Morgan fingerprint density at radius 3 is 2.90 bits per heavy atom. The lowest BCUT2D eigenvalue weighted by Crippen LogP contribution is -1.88. The number of rotatable bonds is 1. The van der Waals surface area contributed by atoms with Crippen molar-refractivity contribution in [3.05, 3.63) is 23.5 Å². The van der Waals surface area contributed by atoms with Crippen LogP contribution in [0, 0.1) is 6.92 Å². The molecule has 1 heterocycles. The highest BCUT2D eigenvalue weighted by atomic mass is 16.3. The predicted molar refractivity (Wildman–Crippen MR) is 36.0 cm³/mol. The summed E-state index contributed by atoms with van der Waals surface area (Å²) in [6, 6.07) is 1.64. The Hall–Kier alpha value is -1.38. The predicted octanol–water partition coefficient (Wildman–Crippen LogP) is 0.908. The van der Waals surface area contributed by atoms with Crippen LogP contribution in [0.3, 0.4) is 0 Å². The highest BCUT2D eigenvalue weighted by Crippen LogP contribution is 2.16. The minimum absolute atomic E-state index is 0.0301. The van der Waals surface area contributed by atoms with Gasteiger partial charge in [-0.1, -0.05) is 0 Å². The van der Waals surface area contributed by atoms with E-state index in [0.717, 1.165) is 0 Å². The molecule has 0 aliphatic heterocycles. The molecule has 0 aromatic carbocycles. The first kappa shape index (κ1) is 6.74. The zero-order valence-electron chi connectivity index (χ0n) is 5.53. The van der Waals surface area contributed by atoms with Crippen LogP contribution in [0.5, 0.6) is 5.75 Å². The van der Waals surface area contributed by atoms with Crippen LogP contribution in [0.2, 0.25) is 0 Å². The monoisotopic (exact) mass is 137 g/mol. The minimum Gasteiger partial charge on any atom is -0.505 e. The van der Waals surface area contributed by atoms with Gasteiger partial charge in [-0.05, 0) is 18.6 Å². The third-order valence-corrected chi connectivity index (χ3v) is 1.27. The Labute approximate surface area is 58.3 Å². The maximum absolute atomic E-state index is 10.2. The molecule has 0 unspecified atom stereocenters. The van der Waals surface area contributed by atoms with E-state index in [0.29, 0.717) is 11.8 Å². The molecular formula is C7H7NO2. The van der Waals surface area contributed by atoms with E-state index in [1.54, 1.807) is 13.0 Å². The van der Waals surface area contributed by atoms with Gasteiger partial charge in [-0.2, -0.15) is 0 Å². The van der Waals surface area contributed by atoms with Gasteiger partial charge < -0.3 is 5.11 Å². The minimum atomic E-state index is -0.0301. The molecule has 1 rings (SSSR count). The van der Waals surface area contributed by atoms with Crippen molar-refractivity contribution in [3.8, 4) is 5.75 Å². The van der Waals surface area contributed by atoms with E-state index in [9.17, 15) is 4.79 Å². The molecule has 1 aromatic rings. The lowest BCUT2D eigenvalue weighted by atomic mass is 10.2. The number of pyridine rings is 1. The molecule has 0 atom stereocenters. The fourth-order valence-corrected chi connectivity index (χ4v) is 0.658. The van der Waals surface area contributed by atoms with Crippen LogP contribution < -0.4 is 0 Å². The van der Waals surface area contributed by atoms with Gasteiger partial charge in [0.25, 0.3) is 0 Å². The molecule has 1 N–H and O–H groups in total. The summed E-state index contributed by atoms with van der Waals surface area (Å²) >= 11 is 0. The number of hydrogen-bond donors (Lipinski definition) is 1. The number of aromatic nitrogens is 1. The molecule has 0 bridgehead atoms. The average molecular weight is 137 g/mol. The SMILES string of the molecule is Cc1ccnc(C=O)c1O. The lowest BCUT2D eigenvalue weighted by molar-refractivity contribution is 0.111. The molecule has 0 saturated carbocycles. The summed E-state index contributed by atoms with van der Waals surface area (Å²) in [5.41, 5.74) is 0.761. The van der Waals surface area contributed by atoms with Gasteiger partial charge in [-0.15, -0.1) is 0 Å². The Morgan fingerprint density at radius 1 is 1.70 bits per heavy atom. The molecular weight excluding hydrogens is 130 g/mol. The first-order valence-corrected chi connectivity index (χ1v) is 2.85. The van der Waals surface area contributed by atoms with Crippen molar-refractivity contribution >= 4 is 6.29 Å². The summed E-state index contributed by atoms with van der Waals surface area (Å²) in [5.74, 6) is -0.0301. The summed E-state index contributed by atoms with van der Waals surface area (Å²) in [4.78, 5) is 13.8. The highest BCUT2D eigenvalue weighted by molar-refractivity contribution is 5.76. The van der Waals surface area contributed by atoms with Gasteiger partial charge in [-0.3, -0.25) is 4.79 Å². The van der Waals surface area contributed by atoms with Crippen molar-refractivity contribution in [2.75, 3.05) is 0 Å². The number of nitrogens with zero attached hydrogens (tertiary/aromatic N) is 1. The van der Waals surface area contributed by atoms with Crippen molar-refractivity contribution in [2.45, 2.75) is 6.92 Å². The van der Waals surface area contributed by atoms with E-state index in [1.807, 2.05) is 0 Å². The van der Waals surface area contributed by atoms with Gasteiger partial charge >= 0.3 is 0 Å². The second-order valence-electron chi connectivity index (χ2n) is 1.98. The Morgan fingerprint density at radius 2 is 2.40 bits per heavy atom. The van der Waals surface area contributed by atoms with Gasteiger partial charge in [0.2, 0.25) is 0 Å². The fourth-order valence-electron chi connectivity index (χ4n) is 0.658. The molecule has 3 heteroatoms. The smallest absolute Gasteiger partial charge is 0.172 e. The van der Waals surface area contributed by atoms with E-state index in [4.69, 9.17) is 5.11 Å². The summed E-state index contributed by atoms with van der Waals surface area (Å²) in [7, 11) is 0. The topological polar surface area (TPSA) is 50.2 Å². The molecule has 0 aliphatic carbocycles. The first-order valence-electron chi connectivity index (χ1n) is 2.85. The highest BCUT2D eigenvalue weighted by Gasteiger charge is 2.01. The van der Waals surface area contributed by atoms with Crippen LogP contribution in [0.4, 0.5) is 0 Å². The number of aromatic hydroxyl groups is 1. The lowest BCUT2D eigenvalue weighted by Gasteiger charge is -1.97. The summed E-state index contributed by atoms with van der Waals surface area (Å²) < 4.78 is 0. The van der Waals surface area contributed by atoms with Gasteiger partial charge in [0.05, 0.1) is 0 Å².